The van der Waals surface area contributed by atoms with E-state index in [0.717, 1.165) is 16.9 Å². The minimum Gasteiger partial charge on any atom is -0.354 e. The Hall–Kier alpha value is -2.56. The molecule has 2 rings (SSSR count). The van der Waals surface area contributed by atoms with Crippen molar-refractivity contribution >= 4 is 23.2 Å². The highest BCUT2D eigenvalue weighted by Gasteiger charge is 2.05. The molecule has 1 aromatic heterocycles. The first-order valence-corrected chi connectivity index (χ1v) is 6.52. The molecule has 0 fully saturated rings. The maximum atomic E-state index is 11.5. The molecule has 20 heavy (non-hydrogen) atoms. The standard InChI is InChI=1S/C15H18N4O/c1-3-16-15(20)19-14-11(2)9-13(10-17-14)18-12-7-5-4-6-8-12/h4-10,18H,3H2,1-2H3,(H2,16,17,19,20). The molecule has 104 valence electrons. The van der Waals surface area contributed by atoms with Gasteiger partial charge in [-0.2, -0.15) is 0 Å². The van der Waals surface area contributed by atoms with E-state index >= 15 is 0 Å². The molecule has 5 nitrogen and oxygen atoms in total. The van der Waals surface area contributed by atoms with Gasteiger partial charge in [0.1, 0.15) is 5.82 Å². The number of para-hydroxylation sites is 1. The van der Waals surface area contributed by atoms with Crippen LogP contribution in [0.5, 0.6) is 0 Å². The number of carbonyl (C=O) groups is 1. The van der Waals surface area contributed by atoms with Gasteiger partial charge in [-0.05, 0) is 37.6 Å². The van der Waals surface area contributed by atoms with Crippen LogP contribution in [0, 0.1) is 6.92 Å². The van der Waals surface area contributed by atoms with E-state index in [1.54, 1.807) is 6.20 Å². The molecule has 0 bridgehead atoms. The fourth-order valence-electron chi connectivity index (χ4n) is 1.77. The number of urea groups is 1. The predicted molar refractivity (Wildman–Crippen MR) is 81.4 cm³/mol. The fraction of sp³-hybridized carbons (Fsp3) is 0.200. The predicted octanol–water partition coefficient (Wildman–Crippen LogP) is 3.28. The van der Waals surface area contributed by atoms with Crippen LogP contribution in [0.2, 0.25) is 0 Å². The second kappa shape index (κ2) is 6.56. The summed E-state index contributed by atoms with van der Waals surface area (Å²) >= 11 is 0. The van der Waals surface area contributed by atoms with E-state index < -0.39 is 0 Å². The van der Waals surface area contributed by atoms with Crippen molar-refractivity contribution in [1.29, 1.82) is 0 Å². The van der Waals surface area contributed by atoms with E-state index in [1.807, 2.05) is 50.2 Å². The number of hydrogen-bond acceptors (Lipinski definition) is 3. The molecule has 0 radical (unpaired) electrons. The van der Waals surface area contributed by atoms with E-state index in [1.165, 1.54) is 0 Å². The molecule has 0 aliphatic carbocycles. The Bertz CT molecular complexity index is 584. The number of amides is 2. The topological polar surface area (TPSA) is 66.0 Å². The van der Waals surface area contributed by atoms with Gasteiger partial charge in [-0.3, -0.25) is 5.32 Å². The van der Waals surface area contributed by atoms with E-state index in [2.05, 4.69) is 20.9 Å². The van der Waals surface area contributed by atoms with E-state index in [4.69, 9.17) is 0 Å². The first-order chi connectivity index (χ1) is 9.69. The van der Waals surface area contributed by atoms with Gasteiger partial charge in [0.15, 0.2) is 0 Å². The molecule has 5 heteroatoms. The zero-order valence-corrected chi connectivity index (χ0v) is 11.6. The zero-order valence-electron chi connectivity index (χ0n) is 11.6. The lowest BCUT2D eigenvalue weighted by Gasteiger charge is -2.11. The summed E-state index contributed by atoms with van der Waals surface area (Å²) in [6, 6.07) is 11.6. The number of rotatable bonds is 4. The summed E-state index contributed by atoms with van der Waals surface area (Å²) in [4.78, 5) is 15.7. The Kier molecular flexibility index (Phi) is 4.55. The average molecular weight is 270 g/mol. The molecule has 0 saturated heterocycles. The van der Waals surface area contributed by atoms with E-state index in [0.29, 0.717) is 12.4 Å². The molecule has 1 aromatic carbocycles. The lowest BCUT2D eigenvalue weighted by molar-refractivity contribution is 0.252. The number of hydrogen-bond donors (Lipinski definition) is 3. The molecule has 2 aromatic rings. The fourth-order valence-corrected chi connectivity index (χ4v) is 1.77. The Morgan fingerprint density at radius 2 is 1.95 bits per heavy atom. The second-order valence-electron chi connectivity index (χ2n) is 4.36. The van der Waals surface area contributed by atoms with Crippen molar-refractivity contribution in [2.24, 2.45) is 0 Å². The van der Waals surface area contributed by atoms with Gasteiger partial charge in [0.05, 0.1) is 11.9 Å². The molecular weight excluding hydrogens is 252 g/mol. The number of nitrogens with one attached hydrogen (secondary N) is 3. The summed E-state index contributed by atoms with van der Waals surface area (Å²) in [5.74, 6) is 0.564. The highest BCUT2D eigenvalue weighted by Crippen LogP contribution is 2.20. The Morgan fingerprint density at radius 1 is 1.20 bits per heavy atom. The number of aryl methyl sites for hydroxylation is 1. The van der Waals surface area contributed by atoms with Gasteiger partial charge in [0, 0.05) is 12.2 Å². The molecule has 2 amide bonds. The lowest BCUT2D eigenvalue weighted by atomic mass is 10.2. The molecule has 1 heterocycles. The van der Waals surface area contributed by atoms with Crippen LogP contribution in [0.15, 0.2) is 42.6 Å². The molecule has 0 unspecified atom stereocenters. The number of nitrogens with zero attached hydrogens (tertiary/aromatic N) is 1. The average Bonchev–Trinajstić information content (AvgIpc) is 2.43. The zero-order chi connectivity index (χ0) is 14.4. The van der Waals surface area contributed by atoms with Crippen LogP contribution in [0.4, 0.5) is 22.0 Å². The number of pyridine rings is 1. The molecule has 0 spiro atoms. The van der Waals surface area contributed by atoms with Crippen LogP contribution in [0.3, 0.4) is 0 Å². The molecular formula is C15H18N4O. The van der Waals surface area contributed by atoms with Gasteiger partial charge < -0.3 is 10.6 Å². The maximum Gasteiger partial charge on any atom is 0.320 e. The largest absolute Gasteiger partial charge is 0.354 e. The van der Waals surface area contributed by atoms with Gasteiger partial charge in [-0.15, -0.1) is 0 Å². The summed E-state index contributed by atoms with van der Waals surface area (Å²) in [6.45, 7) is 4.36. The summed E-state index contributed by atoms with van der Waals surface area (Å²) in [7, 11) is 0. The van der Waals surface area contributed by atoms with Gasteiger partial charge in [0.2, 0.25) is 0 Å². The van der Waals surface area contributed by atoms with Crippen LogP contribution in [-0.4, -0.2) is 17.6 Å². The van der Waals surface area contributed by atoms with Crippen molar-refractivity contribution in [2.75, 3.05) is 17.2 Å². The minimum absolute atomic E-state index is 0.244. The monoisotopic (exact) mass is 270 g/mol. The number of benzene rings is 1. The van der Waals surface area contributed by atoms with Gasteiger partial charge >= 0.3 is 6.03 Å². The van der Waals surface area contributed by atoms with Crippen molar-refractivity contribution in [3.8, 4) is 0 Å². The molecule has 0 aliphatic rings. The van der Waals surface area contributed by atoms with Gasteiger partial charge in [0.25, 0.3) is 0 Å². The second-order valence-corrected chi connectivity index (χ2v) is 4.36. The van der Waals surface area contributed by atoms with Gasteiger partial charge in [-0.25, -0.2) is 9.78 Å². The minimum atomic E-state index is -0.244. The molecule has 0 aliphatic heterocycles. The van der Waals surface area contributed by atoms with Crippen molar-refractivity contribution in [1.82, 2.24) is 10.3 Å². The number of aromatic nitrogens is 1. The van der Waals surface area contributed by atoms with Crippen molar-refractivity contribution in [3.05, 3.63) is 48.2 Å². The van der Waals surface area contributed by atoms with Crippen LogP contribution in [0.1, 0.15) is 12.5 Å². The SMILES string of the molecule is CCNC(=O)Nc1ncc(Nc2ccccc2)cc1C. The summed E-state index contributed by atoms with van der Waals surface area (Å²) in [5, 5.41) is 8.64. The lowest BCUT2D eigenvalue weighted by Crippen LogP contribution is -2.28. The van der Waals surface area contributed by atoms with Crippen LogP contribution in [-0.2, 0) is 0 Å². The third-order valence-electron chi connectivity index (χ3n) is 2.71. The van der Waals surface area contributed by atoms with Crippen molar-refractivity contribution in [2.45, 2.75) is 13.8 Å². The number of carbonyl (C=O) groups excluding carboxylic acids is 1. The molecule has 0 saturated carbocycles. The maximum absolute atomic E-state index is 11.5. The molecule has 0 atom stereocenters. The summed E-state index contributed by atoms with van der Waals surface area (Å²) in [6.07, 6.45) is 1.70. The number of anilines is 3. The highest BCUT2D eigenvalue weighted by atomic mass is 16.2. The first kappa shape index (κ1) is 13.9. The third kappa shape index (κ3) is 3.71. The van der Waals surface area contributed by atoms with E-state index in [9.17, 15) is 4.79 Å². The van der Waals surface area contributed by atoms with E-state index in [-0.39, 0.29) is 6.03 Å². The molecule has 3 N–H and O–H groups in total. The summed E-state index contributed by atoms with van der Waals surface area (Å²) < 4.78 is 0. The van der Waals surface area contributed by atoms with Crippen molar-refractivity contribution in [3.63, 3.8) is 0 Å². The van der Waals surface area contributed by atoms with Gasteiger partial charge in [-0.1, -0.05) is 18.2 Å². The Balaban J connectivity index is 2.08. The quantitative estimate of drug-likeness (QED) is 0.798. The first-order valence-electron chi connectivity index (χ1n) is 6.52. The normalized spacial score (nSPS) is 9.90. The third-order valence-corrected chi connectivity index (χ3v) is 2.71. The Labute approximate surface area is 118 Å². The summed E-state index contributed by atoms with van der Waals surface area (Å²) in [5.41, 5.74) is 2.78. The van der Waals surface area contributed by atoms with Crippen LogP contribution >= 0.6 is 0 Å². The van der Waals surface area contributed by atoms with Crippen molar-refractivity contribution < 1.29 is 4.79 Å². The smallest absolute Gasteiger partial charge is 0.320 e. The highest BCUT2D eigenvalue weighted by molar-refractivity contribution is 5.89. The van der Waals surface area contributed by atoms with Crippen LogP contribution < -0.4 is 16.0 Å². The van der Waals surface area contributed by atoms with Crippen LogP contribution in [0.25, 0.3) is 0 Å². The Morgan fingerprint density at radius 3 is 2.60 bits per heavy atom.